The number of halogens is 4. The van der Waals surface area contributed by atoms with Crippen molar-refractivity contribution in [3.05, 3.63) is 28.0 Å². The van der Waals surface area contributed by atoms with E-state index in [2.05, 4.69) is 25.4 Å². The molecule has 2 nitrogen and oxygen atoms in total. The Morgan fingerprint density at radius 2 is 1.93 bits per heavy atom. The molecule has 0 unspecified atom stereocenters. The fourth-order valence-corrected chi connectivity index (χ4v) is 1.18. The van der Waals surface area contributed by atoms with Crippen LogP contribution in [0.15, 0.2) is 10.5 Å². The molecule has 0 N–H and O–H groups in total. The molecule has 1 aromatic carbocycles. The topological polar surface area (TPSA) is 18.5 Å². The second-order valence-electron chi connectivity index (χ2n) is 2.35. The van der Waals surface area contributed by atoms with Crippen molar-refractivity contribution in [2.75, 3.05) is 13.9 Å². The molecule has 0 aliphatic rings. The molecular weight excluding hydrogens is 265 g/mol. The van der Waals surface area contributed by atoms with Gasteiger partial charge in [0.25, 0.3) is 0 Å². The first-order chi connectivity index (χ1) is 6.57. The second kappa shape index (κ2) is 4.65. The molecular formula is C8H6BrF3O2. The lowest BCUT2D eigenvalue weighted by Crippen LogP contribution is -2.04. The molecule has 0 fully saturated rings. The smallest absolute Gasteiger partial charge is 0.203 e. The van der Waals surface area contributed by atoms with Crippen molar-refractivity contribution in [1.82, 2.24) is 0 Å². The van der Waals surface area contributed by atoms with E-state index < -0.39 is 23.2 Å². The van der Waals surface area contributed by atoms with Gasteiger partial charge in [0.05, 0.1) is 4.47 Å². The molecule has 0 radical (unpaired) electrons. The highest BCUT2D eigenvalue weighted by atomic mass is 79.9. The Hall–Kier alpha value is -0.750. The van der Waals surface area contributed by atoms with Crippen LogP contribution in [-0.4, -0.2) is 13.9 Å². The van der Waals surface area contributed by atoms with E-state index in [1.165, 1.54) is 7.11 Å². The maximum atomic E-state index is 13.1. The Morgan fingerprint density at radius 1 is 1.29 bits per heavy atom. The van der Waals surface area contributed by atoms with Crippen LogP contribution in [0.3, 0.4) is 0 Å². The molecule has 0 aliphatic heterocycles. The minimum Gasteiger partial charge on any atom is -0.461 e. The van der Waals surface area contributed by atoms with Crippen molar-refractivity contribution >= 4 is 15.9 Å². The number of methoxy groups -OCH3 is 1. The number of rotatable bonds is 3. The third-order valence-electron chi connectivity index (χ3n) is 1.39. The number of benzene rings is 1. The third-order valence-corrected chi connectivity index (χ3v) is 1.97. The summed E-state index contributed by atoms with van der Waals surface area (Å²) >= 11 is 2.72. The molecule has 0 bridgehead atoms. The van der Waals surface area contributed by atoms with Crippen molar-refractivity contribution in [2.45, 2.75) is 0 Å². The molecule has 14 heavy (non-hydrogen) atoms. The van der Waals surface area contributed by atoms with Gasteiger partial charge in [-0.25, -0.2) is 8.78 Å². The number of ether oxygens (including phenoxy) is 2. The Morgan fingerprint density at radius 3 is 2.50 bits per heavy atom. The van der Waals surface area contributed by atoms with Crippen LogP contribution in [0.2, 0.25) is 0 Å². The number of hydrogen-bond acceptors (Lipinski definition) is 2. The van der Waals surface area contributed by atoms with E-state index in [-0.39, 0.29) is 11.3 Å². The minimum atomic E-state index is -1.37. The molecule has 0 saturated heterocycles. The van der Waals surface area contributed by atoms with Crippen molar-refractivity contribution in [2.24, 2.45) is 0 Å². The summed E-state index contributed by atoms with van der Waals surface area (Å²) < 4.78 is 47.6. The highest BCUT2D eigenvalue weighted by molar-refractivity contribution is 9.10. The Balaban J connectivity index is 3.11. The molecule has 0 atom stereocenters. The molecule has 78 valence electrons. The largest absolute Gasteiger partial charge is 0.461 e. The lowest BCUT2D eigenvalue weighted by molar-refractivity contribution is 0.0445. The quantitative estimate of drug-likeness (QED) is 0.621. The summed E-state index contributed by atoms with van der Waals surface area (Å²) in [6.07, 6.45) is 0. The number of hydrogen-bond donors (Lipinski definition) is 0. The molecule has 6 heteroatoms. The lowest BCUT2D eigenvalue weighted by Gasteiger charge is -2.08. The van der Waals surface area contributed by atoms with Crippen LogP contribution in [0.5, 0.6) is 5.75 Å². The lowest BCUT2D eigenvalue weighted by atomic mass is 10.3. The van der Waals surface area contributed by atoms with Crippen LogP contribution < -0.4 is 4.74 Å². The molecule has 0 aromatic heterocycles. The van der Waals surface area contributed by atoms with Crippen LogP contribution in [0, 0.1) is 17.5 Å². The van der Waals surface area contributed by atoms with E-state index in [0.717, 1.165) is 0 Å². The van der Waals surface area contributed by atoms with Gasteiger partial charge in [-0.15, -0.1) is 0 Å². The monoisotopic (exact) mass is 270 g/mol. The summed E-state index contributed by atoms with van der Waals surface area (Å²) in [5, 5.41) is 0. The van der Waals surface area contributed by atoms with Crippen LogP contribution in [-0.2, 0) is 4.74 Å². The SMILES string of the molecule is COCOc1c(F)c(F)cc(Br)c1F. The first-order valence-electron chi connectivity index (χ1n) is 3.52. The Bertz CT molecular complexity index is 318. The van der Waals surface area contributed by atoms with Crippen LogP contribution in [0.1, 0.15) is 0 Å². The van der Waals surface area contributed by atoms with Gasteiger partial charge < -0.3 is 9.47 Å². The maximum Gasteiger partial charge on any atom is 0.203 e. The minimum absolute atomic E-state index is 0.206. The van der Waals surface area contributed by atoms with Crippen LogP contribution in [0.25, 0.3) is 0 Å². The van der Waals surface area contributed by atoms with Crippen molar-refractivity contribution < 1.29 is 22.6 Å². The van der Waals surface area contributed by atoms with Gasteiger partial charge in [-0.2, -0.15) is 4.39 Å². The summed E-state index contributed by atoms with van der Waals surface area (Å²) in [5.74, 6) is -4.35. The highest BCUT2D eigenvalue weighted by Crippen LogP contribution is 2.30. The van der Waals surface area contributed by atoms with E-state index in [1.54, 1.807) is 0 Å². The van der Waals surface area contributed by atoms with Crippen molar-refractivity contribution in [3.8, 4) is 5.75 Å². The molecule has 1 rings (SSSR count). The Kier molecular flexibility index (Phi) is 3.77. The second-order valence-corrected chi connectivity index (χ2v) is 3.20. The van der Waals surface area contributed by atoms with E-state index in [4.69, 9.17) is 0 Å². The molecule has 0 spiro atoms. The van der Waals surface area contributed by atoms with Gasteiger partial charge in [-0.3, -0.25) is 0 Å². The van der Waals surface area contributed by atoms with Gasteiger partial charge in [0.1, 0.15) is 0 Å². The zero-order chi connectivity index (χ0) is 10.7. The summed E-state index contributed by atoms with van der Waals surface area (Å²) in [6, 6.07) is 0.685. The third kappa shape index (κ3) is 2.19. The zero-order valence-corrected chi connectivity index (χ0v) is 8.70. The fourth-order valence-electron chi connectivity index (χ4n) is 0.796. The van der Waals surface area contributed by atoms with E-state index >= 15 is 0 Å². The standard InChI is InChI=1S/C8H6BrF3O2/c1-13-3-14-8-6(11)4(9)2-5(10)7(8)12/h2H,3H2,1H3. The van der Waals surface area contributed by atoms with Crippen LogP contribution >= 0.6 is 15.9 Å². The summed E-state index contributed by atoms with van der Waals surface area (Å²) in [7, 11) is 1.28. The van der Waals surface area contributed by atoms with Gasteiger partial charge in [-0.1, -0.05) is 0 Å². The first-order valence-corrected chi connectivity index (χ1v) is 4.32. The first kappa shape index (κ1) is 11.3. The molecule has 0 aliphatic carbocycles. The van der Waals surface area contributed by atoms with Crippen molar-refractivity contribution in [3.63, 3.8) is 0 Å². The van der Waals surface area contributed by atoms with Gasteiger partial charge in [0.15, 0.2) is 24.2 Å². The predicted molar refractivity (Wildman–Crippen MR) is 46.5 cm³/mol. The summed E-state index contributed by atoms with van der Waals surface area (Å²) in [6.45, 7) is -0.357. The molecule has 0 heterocycles. The fraction of sp³-hybridized carbons (Fsp3) is 0.250. The van der Waals surface area contributed by atoms with E-state index in [9.17, 15) is 13.2 Å². The highest BCUT2D eigenvalue weighted by Gasteiger charge is 2.18. The van der Waals surface area contributed by atoms with Gasteiger partial charge in [0.2, 0.25) is 5.82 Å². The predicted octanol–water partition coefficient (Wildman–Crippen LogP) is 2.85. The van der Waals surface area contributed by atoms with Gasteiger partial charge in [0, 0.05) is 7.11 Å². The zero-order valence-electron chi connectivity index (χ0n) is 7.11. The summed E-state index contributed by atoms with van der Waals surface area (Å²) in [4.78, 5) is 0. The van der Waals surface area contributed by atoms with E-state index in [1.807, 2.05) is 0 Å². The summed E-state index contributed by atoms with van der Waals surface area (Å²) in [5.41, 5.74) is 0. The Labute approximate surface area is 86.8 Å². The average Bonchev–Trinajstić information content (AvgIpc) is 2.15. The van der Waals surface area contributed by atoms with E-state index in [0.29, 0.717) is 6.07 Å². The molecule has 0 saturated carbocycles. The molecule has 1 aromatic rings. The van der Waals surface area contributed by atoms with Gasteiger partial charge in [-0.05, 0) is 22.0 Å². The van der Waals surface area contributed by atoms with Crippen molar-refractivity contribution in [1.29, 1.82) is 0 Å². The maximum absolute atomic E-state index is 13.1. The van der Waals surface area contributed by atoms with Gasteiger partial charge >= 0.3 is 0 Å². The average molecular weight is 271 g/mol. The normalized spacial score (nSPS) is 10.4. The molecule has 0 amide bonds. The van der Waals surface area contributed by atoms with Crippen LogP contribution in [0.4, 0.5) is 13.2 Å².